The summed E-state index contributed by atoms with van der Waals surface area (Å²) >= 11 is 11.2. The Labute approximate surface area is 138 Å². The molecule has 0 aliphatic rings. The van der Waals surface area contributed by atoms with Crippen LogP contribution in [0, 0.1) is 5.82 Å². The molecule has 0 aliphatic heterocycles. The molecule has 0 radical (unpaired) electrons. The van der Waals surface area contributed by atoms with Crippen LogP contribution in [0.25, 0.3) is 6.08 Å². The van der Waals surface area contributed by atoms with Gasteiger partial charge in [-0.15, -0.1) is 0 Å². The molecule has 1 N–H and O–H groups in total. The van der Waals surface area contributed by atoms with E-state index in [9.17, 15) is 9.18 Å². The molecular formula is C17H14Cl2FNO. The molecule has 1 amide bonds. The van der Waals surface area contributed by atoms with Crippen molar-refractivity contribution in [2.24, 2.45) is 0 Å². The van der Waals surface area contributed by atoms with Crippen molar-refractivity contribution in [1.29, 1.82) is 0 Å². The molecule has 2 aromatic carbocycles. The van der Waals surface area contributed by atoms with Gasteiger partial charge in [-0.3, -0.25) is 4.79 Å². The van der Waals surface area contributed by atoms with Crippen LogP contribution >= 0.6 is 23.2 Å². The maximum Gasteiger partial charge on any atom is 0.231 e. The molecule has 0 aromatic heterocycles. The third kappa shape index (κ3) is 4.33. The van der Waals surface area contributed by atoms with Crippen LogP contribution in [0.2, 0.25) is 0 Å². The minimum Gasteiger partial charge on any atom is -0.323 e. The van der Waals surface area contributed by atoms with Crippen molar-refractivity contribution in [3.63, 3.8) is 0 Å². The van der Waals surface area contributed by atoms with Crippen molar-refractivity contribution in [2.75, 3.05) is 5.32 Å². The lowest BCUT2D eigenvalue weighted by Crippen LogP contribution is -2.19. The molecule has 0 bridgehead atoms. The summed E-state index contributed by atoms with van der Waals surface area (Å²) in [4.78, 5) is 12.2. The van der Waals surface area contributed by atoms with Crippen LogP contribution in [0.3, 0.4) is 0 Å². The molecule has 0 fully saturated rings. The number of carbonyl (C=O) groups is 1. The van der Waals surface area contributed by atoms with Crippen molar-refractivity contribution in [1.82, 2.24) is 0 Å². The van der Waals surface area contributed by atoms with E-state index in [1.807, 2.05) is 24.3 Å². The van der Waals surface area contributed by atoms with Crippen LogP contribution in [0.15, 0.2) is 53.0 Å². The summed E-state index contributed by atoms with van der Waals surface area (Å²) in [7, 11) is 0. The van der Waals surface area contributed by atoms with Crippen molar-refractivity contribution in [3.8, 4) is 0 Å². The lowest BCUT2D eigenvalue weighted by molar-refractivity contribution is -0.117. The number of para-hydroxylation sites is 1. The zero-order chi connectivity index (χ0) is 16.1. The molecule has 22 heavy (non-hydrogen) atoms. The van der Waals surface area contributed by atoms with Crippen LogP contribution < -0.4 is 5.32 Å². The summed E-state index contributed by atoms with van der Waals surface area (Å²) in [6.45, 7) is 1.76. The maximum atomic E-state index is 13.5. The van der Waals surface area contributed by atoms with Gasteiger partial charge in [0.15, 0.2) is 0 Å². The number of nitrogens with one attached hydrogen (secondary N) is 1. The van der Waals surface area contributed by atoms with E-state index >= 15 is 0 Å². The highest BCUT2D eigenvalue weighted by Crippen LogP contribution is 2.21. The normalized spacial score (nSPS) is 11.6. The van der Waals surface area contributed by atoms with Crippen molar-refractivity contribution in [2.45, 2.75) is 12.8 Å². The van der Waals surface area contributed by atoms with Crippen molar-refractivity contribution in [3.05, 3.63) is 70.0 Å². The van der Waals surface area contributed by atoms with Gasteiger partial charge in [-0.2, -0.15) is 0 Å². The smallest absolute Gasteiger partial charge is 0.231 e. The predicted octanol–water partition coefficient (Wildman–Crippen LogP) is 5.34. The molecule has 2 aromatic rings. The van der Waals surface area contributed by atoms with E-state index in [1.54, 1.807) is 25.1 Å². The fourth-order valence-corrected chi connectivity index (χ4v) is 2.21. The first-order valence-electron chi connectivity index (χ1n) is 6.65. The number of anilines is 1. The van der Waals surface area contributed by atoms with Crippen molar-refractivity contribution >= 4 is 40.9 Å². The van der Waals surface area contributed by atoms with Gasteiger partial charge in [0.1, 0.15) is 10.3 Å². The quantitative estimate of drug-likeness (QED) is 0.801. The fourth-order valence-electron chi connectivity index (χ4n) is 1.96. The van der Waals surface area contributed by atoms with Gasteiger partial charge in [0.05, 0.1) is 11.6 Å². The third-order valence-corrected chi connectivity index (χ3v) is 3.46. The van der Waals surface area contributed by atoms with E-state index < -0.39 is 11.7 Å². The van der Waals surface area contributed by atoms with Gasteiger partial charge in [-0.05, 0) is 36.3 Å². The Balaban J connectivity index is 2.10. The van der Waals surface area contributed by atoms with Crippen LogP contribution in [-0.4, -0.2) is 5.91 Å². The van der Waals surface area contributed by atoms with Gasteiger partial charge in [0.25, 0.3) is 0 Å². The summed E-state index contributed by atoms with van der Waals surface area (Å²) in [6, 6.07) is 13.3. The van der Waals surface area contributed by atoms with Crippen LogP contribution in [-0.2, 0) is 4.79 Å². The lowest BCUT2D eigenvalue weighted by atomic mass is 9.99. The van der Waals surface area contributed by atoms with E-state index in [0.717, 1.165) is 11.1 Å². The summed E-state index contributed by atoms with van der Waals surface area (Å²) in [5.41, 5.74) is 1.83. The standard InChI is InChI=1S/C17H14Cl2FNO/c1-11(13-8-6-12(7-9-13)10-16(18)19)17(22)21-15-5-3-2-4-14(15)20/h2-11H,1H3,(H,21,22). The Morgan fingerprint density at radius 3 is 2.36 bits per heavy atom. The molecule has 2 nitrogen and oxygen atoms in total. The van der Waals surface area contributed by atoms with Gasteiger partial charge in [0.2, 0.25) is 5.91 Å². The highest BCUT2D eigenvalue weighted by molar-refractivity contribution is 6.57. The van der Waals surface area contributed by atoms with Gasteiger partial charge in [-0.25, -0.2) is 4.39 Å². The summed E-state index contributed by atoms with van der Waals surface area (Å²) < 4.78 is 13.7. The highest BCUT2D eigenvalue weighted by Gasteiger charge is 2.16. The summed E-state index contributed by atoms with van der Waals surface area (Å²) in [5.74, 6) is -1.15. The number of benzene rings is 2. The Kier molecular flexibility index (Phi) is 5.58. The Morgan fingerprint density at radius 1 is 1.14 bits per heavy atom. The predicted molar refractivity (Wildman–Crippen MR) is 89.6 cm³/mol. The second-order valence-electron chi connectivity index (χ2n) is 4.79. The topological polar surface area (TPSA) is 29.1 Å². The number of hydrogen-bond acceptors (Lipinski definition) is 1. The number of hydrogen-bond donors (Lipinski definition) is 1. The van der Waals surface area contributed by atoms with Crippen LogP contribution in [0.5, 0.6) is 0 Å². The first kappa shape index (κ1) is 16.5. The lowest BCUT2D eigenvalue weighted by Gasteiger charge is -2.13. The van der Waals surface area contributed by atoms with E-state index in [1.165, 1.54) is 12.1 Å². The van der Waals surface area contributed by atoms with E-state index in [4.69, 9.17) is 23.2 Å². The summed E-state index contributed by atoms with van der Waals surface area (Å²) in [6.07, 6.45) is 1.61. The Bertz CT molecular complexity index is 694. The zero-order valence-corrected chi connectivity index (χ0v) is 13.3. The first-order valence-corrected chi connectivity index (χ1v) is 7.41. The molecule has 0 saturated carbocycles. The van der Waals surface area contributed by atoms with E-state index in [2.05, 4.69) is 5.32 Å². The monoisotopic (exact) mass is 337 g/mol. The SMILES string of the molecule is CC(C(=O)Nc1ccccc1F)c1ccc(C=C(Cl)Cl)cc1. The number of halogens is 3. The second kappa shape index (κ2) is 7.43. The largest absolute Gasteiger partial charge is 0.323 e. The molecule has 0 spiro atoms. The molecular weight excluding hydrogens is 324 g/mol. The number of carbonyl (C=O) groups excluding carboxylic acids is 1. The second-order valence-corrected chi connectivity index (χ2v) is 5.80. The number of amides is 1. The molecule has 1 atom stereocenters. The summed E-state index contributed by atoms with van der Waals surface area (Å²) in [5, 5.41) is 2.59. The Morgan fingerprint density at radius 2 is 1.77 bits per heavy atom. The molecule has 0 heterocycles. The average molecular weight is 338 g/mol. The fraction of sp³-hybridized carbons (Fsp3) is 0.118. The van der Waals surface area contributed by atoms with Gasteiger partial charge in [-0.1, -0.05) is 59.6 Å². The molecule has 0 saturated heterocycles. The minimum atomic E-state index is -0.458. The maximum absolute atomic E-state index is 13.5. The van der Waals surface area contributed by atoms with Gasteiger partial charge >= 0.3 is 0 Å². The first-order chi connectivity index (χ1) is 10.5. The van der Waals surface area contributed by atoms with Crippen molar-refractivity contribution < 1.29 is 9.18 Å². The van der Waals surface area contributed by atoms with Gasteiger partial charge in [0, 0.05) is 0 Å². The van der Waals surface area contributed by atoms with Gasteiger partial charge < -0.3 is 5.32 Å². The molecule has 1 unspecified atom stereocenters. The average Bonchev–Trinajstić information content (AvgIpc) is 2.49. The van der Waals surface area contributed by atoms with Crippen LogP contribution in [0.4, 0.5) is 10.1 Å². The van der Waals surface area contributed by atoms with E-state index in [0.29, 0.717) is 0 Å². The highest BCUT2D eigenvalue weighted by atomic mass is 35.5. The van der Waals surface area contributed by atoms with Crippen LogP contribution in [0.1, 0.15) is 24.0 Å². The molecule has 5 heteroatoms. The minimum absolute atomic E-state index is 0.165. The Hall–Kier alpha value is -1.84. The van der Waals surface area contributed by atoms with E-state index in [-0.39, 0.29) is 16.1 Å². The zero-order valence-electron chi connectivity index (χ0n) is 11.8. The number of rotatable bonds is 4. The third-order valence-electron chi connectivity index (χ3n) is 3.24. The molecule has 0 aliphatic carbocycles. The molecule has 114 valence electrons. The molecule has 2 rings (SSSR count).